The summed E-state index contributed by atoms with van der Waals surface area (Å²) in [7, 11) is 3.15. The highest BCUT2D eigenvalue weighted by Gasteiger charge is 2.46. The van der Waals surface area contributed by atoms with Gasteiger partial charge in [-0.3, -0.25) is 9.59 Å². The van der Waals surface area contributed by atoms with E-state index in [1.807, 2.05) is 37.3 Å². The lowest BCUT2D eigenvalue weighted by molar-refractivity contribution is -0.130. The Labute approximate surface area is 162 Å². The number of ether oxygens (including phenoxy) is 2. The molecule has 0 aromatic heterocycles. The van der Waals surface area contributed by atoms with E-state index in [0.717, 1.165) is 16.1 Å². The van der Waals surface area contributed by atoms with Crippen LogP contribution in [0.1, 0.15) is 25.5 Å². The van der Waals surface area contributed by atoms with E-state index in [0.29, 0.717) is 11.5 Å². The highest BCUT2D eigenvalue weighted by molar-refractivity contribution is 8.02. The largest absolute Gasteiger partial charge is 0.497 e. The molecule has 1 aliphatic heterocycles. The zero-order chi connectivity index (χ0) is 19.6. The zero-order valence-corrected chi connectivity index (χ0v) is 16.5. The Bertz CT molecular complexity index is 886. The van der Waals surface area contributed by atoms with Crippen LogP contribution in [0.5, 0.6) is 11.5 Å². The van der Waals surface area contributed by atoms with Crippen molar-refractivity contribution in [1.82, 2.24) is 5.32 Å². The molecule has 0 bridgehead atoms. The average Bonchev–Trinajstić information content (AvgIpc) is 2.68. The van der Waals surface area contributed by atoms with E-state index in [1.54, 1.807) is 33.3 Å². The summed E-state index contributed by atoms with van der Waals surface area (Å²) < 4.78 is 9.39. The Morgan fingerprint density at radius 2 is 1.93 bits per heavy atom. The van der Waals surface area contributed by atoms with Crippen LogP contribution in [0.4, 0.5) is 5.69 Å². The molecule has 2 aromatic rings. The smallest absolute Gasteiger partial charge is 0.250 e. The molecule has 0 saturated heterocycles. The molecule has 0 radical (unpaired) electrons. The molecule has 0 saturated carbocycles. The van der Waals surface area contributed by atoms with Crippen LogP contribution in [0.2, 0.25) is 0 Å². The van der Waals surface area contributed by atoms with Gasteiger partial charge in [0.25, 0.3) is 0 Å². The van der Waals surface area contributed by atoms with E-state index in [1.165, 1.54) is 11.8 Å². The molecule has 0 aliphatic carbocycles. The van der Waals surface area contributed by atoms with Gasteiger partial charge in [-0.25, -0.2) is 0 Å². The summed E-state index contributed by atoms with van der Waals surface area (Å²) in [6, 6.07) is 12.5. The van der Waals surface area contributed by atoms with Gasteiger partial charge in [0.05, 0.1) is 25.9 Å². The number of rotatable bonds is 5. The van der Waals surface area contributed by atoms with Crippen LogP contribution >= 0.6 is 11.8 Å². The number of nitrogens with one attached hydrogen (secondary N) is 2. The summed E-state index contributed by atoms with van der Waals surface area (Å²) in [4.78, 5) is 26.5. The minimum atomic E-state index is -1.27. The van der Waals surface area contributed by atoms with Gasteiger partial charge in [0.2, 0.25) is 11.8 Å². The summed E-state index contributed by atoms with van der Waals surface area (Å²) in [5.41, 5.74) is 1.50. The summed E-state index contributed by atoms with van der Waals surface area (Å²) in [6.07, 6.45) is 0. The molecule has 6 nitrogen and oxygen atoms in total. The fourth-order valence-electron chi connectivity index (χ4n) is 2.91. The number of hydrogen-bond donors (Lipinski definition) is 2. The minimum Gasteiger partial charge on any atom is -0.497 e. The number of hydrogen-bond acceptors (Lipinski definition) is 5. The number of carbonyl (C=O) groups is 2. The Hall–Kier alpha value is -2.67. The van der Waals surface area contributed by atoms with E-state index >= 15 is 0 Å². The van der Waals surface area contributed by atoms with Crippen LogP contribution in [0.3, 0.4) is 0 Å². The molecule has 142 valence electrons. The van der Waals surface area contributed by atoms with Gasteiger partial charge in [0.15, 0.2) is 4.75 Å². The Kier molecular flexibility index (Phi) is 5.32. The first-order valence-corrected chi connectivity index (χ1v) is 9.33. The second kappa shape index (κ2) is 7.52. The van der Waals surface area contributed by atoms with E-state index < -0.39 is 4.75 Å². The number of thioether (sulfide) groups is 1. The van der Waals surface area contributed by atoms with Gasteiger partial charge in [-0.05, 0) is 44.2 Å². The van der Waals surface area contributed by atoms with E-state index in [-0.39, 0.29) is 17.9 Å². The third kappa shape index (κ3) is 3.60. The normalized spacial score (nSPS) is 19.5. The molecule has 2 unspecified atom stereocenters. The average molecular weight is 386 g/mol. The van der Waals surface area contributed by atoms with Crippen LogP contribution < -0.4 is 20.1 Å². The van der Waals surface area contributed by atoms with Gasteiger partial charge in [-0.15, -0.1) is 0 Å². The molecule has 2 aromatic carbocycles. The highest BCUT2D eigenvalue weighted by atomic mass is 32.2. The van der Waals surface area contributed by atoms with Crippen LogP contribution in [-0.4, -0.2) is 30.8 Å². The van der Waals surface area contributed by atoms with Crippen molar-refractivity contribution in [3.63, 3.8) is 0 Å². The second-order valence-corrected chi connectivity index (χ2v) is 7.85. The van der Waals surface area contributed by atoms with Gasteiger partial charge in [-0.2, -0.15) is 0 Å². The lowest BCUT2D eigenvalue weighted by atomic mass is 10.0. The molecule has 2 amide bonds. The van der Waals surface area contributed by atoms with Crippen molar-refractivity contribution in [2.75, 3.05) is 19.5 Å². The number of fused-ring (bicyclic) bond motifs is 1. The van der Waals surface area contributed by atoms with Crippen molar-refractivity contribution < 1.29 is 19.1 Å². The lowest BCUT2D eigenvalue weighted by Gasteiger charge is -2.33. The molecule has 7 heteroatoms. The quantitative estimate of drug-likeness (QED) is 0.771. The third-order valence-electron chi connectivity index (χ3n) is 4.57. The van der Waals surface area contributed by atoms with Crippen molar-refractivity contribution in [2.45, 2.75) is 29.5 Å². The van der Waals surface area contributed by atoms with Gasteiger partial charge in [0.1, 0.15) is 11.5 Å². The molecule has 0 spiro atoms. The maximum Gasteiger partial charge on any atom is 0.250 e. The number of para-hydroxylation sites is 1. The van der Waals surface area contributed by atoms with E-state index in [4.69, 9.17) is 9.47 Å². The maximum atomic E-state index is 13.0. The van der Waals surface area contributed by atoms with Crippen molar-refractivity contribution in [3.8, 4) is 11.5 Å². The summed E-state index contributed by atoms with van der Waals surface area (Å²) in [6.45, 7) is 3.48. The van der Waals surface area contributed by atoms with Crippen LogP contribution in [0.15, 0.2) is 47.4 Å². The minimum absolute atomic E-state index is 0.339. The molecule has 2 N–H and O–H groups in total. The third-order valence-corrected chi connectivity index (χ3v) is 5.92. The molecule has 0 fully saturated rings. The molecule has 2 atom stereocenters. The van der Waals surface area contributed by atoms with E-state index in [2.05, 4.69) is 10.6 Å². The summed E-state index contributed by atoms with van der Waals surface area (Å²) >= 11 is 1.25. The Balaban J connectivity index is 1.84. The van der Waals surface area contributed by atoms with Crippen molar-refractivity contribution >= 4 is 29.3 Å². The van der Waals surface area contributed by atoms with Crippen molar-refractivity contribution in [3.05, 3.63) is 48.0 Å². The predicted molar refractivity (Wildman–Crippen MR) is 105 cm³/mol. The summed E-state index contributed by atoms with van der Waals surface area (Å²) in [5.74, 6) is 0.599. The predicted octanol–water partition coefficient (Wildman–Crippen LogP) is 3.38. The van der Waals surface area contributed by atoms with Crippen LogP contribution in [0, 0.1) is 0 Å². The van der Waals surface area contributed by atoms with Gasteiger partial charge in [-0.1, -0.05) is 23.9 Å². The molecule has 1 heterocycles. The monoisotopic (exact) mass is 386 g/mol. The van der Waals surface area contributed by atoms with Gasteiger partial charge in [0, 0.05) is 10.5 Å². The Morgan fingerprint density at radius 1 is 1.19 bits per heavy atom. The number of amides is 2. The molecular formula is C20H22N2O4S. The molecular weight excluding hydrogens is 364 g/mol. The Morgan fingerprint density at radius 3 is 2.63 bits per heavy atom. The fraction of sp³-hybridized carbons (Fsp3) is 0.300. The number of methoxy groups -OCH3 is 2. The fourth-order valence-corrected chi connectivity index (χ4v) is 4.02. The first kappa shape index (κ1) is 19.1. The van der Waals surface area contributed by atoms with Gasteiger partial charge < -0.3 is 20.1 Å². The van der Waals surface area contributed by atoms with Crippen LogP contribution in [-0.2, 0) is 9.59 Å². The standard InChI is InChI=1S/C20H22N2O4S/c1-12(14-11-13(25-3)9-10-16(14)26-4)21-18(23)20(2)19(24)22-15-7-5-6-8-17(15)27-20/h5-12H,1-4H3,(H,21,23)(H,22,24). The molecule has 1 aliphatic rings. The topological polar surface area (TPSA) is 76.7 Å². The highest BCUT2D eigenvalue weighted by Crippen LogP contribution is 2.42. The maximum absolute atomic E-state index is 13.0. The zero-order valence-electron chi connectivity index (χ0n) is 15.7. The first-order valence-electron chi connectivity index (χ1n) is 8.51. The molecule has 27 heavy (non-hydrogen) atoms. The van der Waals surface area contributed by atoms with Crippen LogP contribution in [0.25, 0.3) is 0 Å². The van der Waals surface area contributed by atoms with Crippen molar-refractivity contribution in [2.24, 2.45) is 0 Å². The first-order chi connectivity index (χ1) is 12.9. The second-order valence-electron chi connectivity index (χ2n) is 6.39. The van der Waals surface area contributed by atoms with Crippen molar-refractivity contribution in [1.29, 1.82) is 0 Å². The lowest BCUT2D eigenvalue weighted by Crippen LogP contribution is -2.52. The number of carbonyl (C=O) groups excluding carboxylic acids is 2. The summed E-state index contributed by atoms with van der Waals surface area (Å²) in [5, 5.41) is 5.76. The SMILES string of the molecule is COc1ccc(OC)c(C(C)NC(=O)C2(C)Sc3ccccc3NC2=O)c1. The molecule has 3 rings (SSSR count). The van der Waals surface area contributed by atoms with E-state index in [9.17, 15) is 9.59 Å². The van der Waals surface area contributed by atoms with Gasteiger partial charge >= 0.3 is 0 Å². The number of benzene rings is 2. The number of anilines is 1.